The van der Waals surface area contributed by atoms with Crippen molar-refractivity contribution in [2.75, 3.05) is 5.73 Å². The van der Waals surface area contributed by atoms with Crippen LogP contribution in [-0.2, 0) is 6.54 Å². The minimum atomic E-state index is -0.274. The molecule has 0 aliphatic carbocycles. The van der Waals surface area contributed by atoms with Gasteiger partial charge in [-0.1, -0.05) is 23.2 Å². The number of hydrogen-bond acceptors (Lipinski definition) is 3. The van der Waals surface area contributed by atoms with Crippen LogP contribution in [0.2, 0.25) is 10.0 Å². The van der Waals surface area contributed by atoms with E-state index in [0.29, 0.717) is 12.1 Å². The van der Waals surface area contributed by atoms with Crippen molar-refractivity contribution in [2.24, 2.45) is 0 Å². The van der Waals surface area contributed by atoms with E-state index in [1.165, 1.54) is 12.1 Å². The number of nitrogen functional groups attached to an aromatic ring is 1. The highest BCUT2D eigenvalue weighted by molar-refractivity contribution is 6.39. The van der Waals surface area contributed by atoms with Crippen LogP contribution in [0.3, 0.4) is 0 Å². The van der Waals surface area contributed by atoms with E-state index in [9.17, 15) is 4.79 Å². The highest BCUT2D eigenvalue weighted by Gasteiger charge is 2.11. The first-order chi connectivity index (χ1) is 8.99. The largest absolute Gasteiger partial charge is 0.396 e. The summed E-state index contributed by atoms with van der Waals surface area (Å²) >= 11 is 11.8. The number of nitrogens with two attached hydrogens (primary N) is 1. The molecule has 7 heteroatoms. The summed E-state index contributed by atoms with van der Waals surface area (Å²) in [5.41, 5.74) is 8.08. The smallest absolute Gasteiger partial charge is 0.251 e. The van der Waals surface area contributed by atoms with E-state index >= 15 is 0 Å². The van der Waals surface area contributed by atoms with Gasteiger partial charge in [0, 0.05) is 23.4 Å². The number of anilines is 1. The molecule has 0 aliphatic rings. The molecule has 2 rings (SSSR count). The molecule has 100 valence electrons. The molecule has 2 aromatic rings. The Morgan fingerprint density at radius 2 is 2.05 bits per heavy atom. The van der Waals surface area contributed by atoms with Gasteiger partial charge >= 0.3 is 0 Å². The molecule has 0 aliphatic heterocycles. The molecule has 5 nitrogen and oxygen atoms in total. The summed E-state index contributed by atoms with van der Waals surface area (Å²) in [5, 5.41) is 9.96. The highest BCUT2D eigenvalue weighted by atomic mass is 35.5. The zero-order valence-corrected chi connectivity index (χ0v) is 11.6. The first-order valence-electron chi connectivity index (χ1n) is 5.50. The Balaban J connectivity index is 2.10. The van der Waals surface area contributed by atoms with E-state index in [1.54, 1.807) is 6.20 Å². The number of rotatable bonds is 3. The van der Waals surface area contributed by atoms with Gasteiger partial charge in [0.1, 0.15) is 0 Å². The molecule has 0 saturated heterocycles. The predicted molar refractivity (Wildman–Crippen MR) is 75.4 cm³/mol. The molecule has 0 atom stereocenters. The molecular weight excluding hydrogens is 287 g/mol. The van der Waals surface area contributed by atoms with Gasteiger partial charge in [0.2, 0.25) is 0 Å². The fourth-order valence-electron chi connectivity index (χ4n) is 1.55. The monoisotopic (exact) mass is 298 g/mol. The minimum Gasteiger partial charge on any atom is -0.396 e. The number of carbonyl (C=O) groups excluding carboxylic acids is 1. The maximum atomic E-state index is 12.0. The number of hydrogen-bond donors (Lipinski definition) is 3. The Bertz CT molecular complexity index is 601. The Kier molecular flexibility index (Phi) is 3.97. The van der Waals surface area contributed by atoms with E-state index in [1.807, 2.05) is 6.92 Å². The third kappa shape index (κ3) is 3.00. The quantitative estimate of drug-likeness (QED) is 0.761. The lowest BCUT2D eigenvalue weighted by Crippen LogP contribution is -2.23. The molecule has 1 aromatic heterocycles. The second-order valence-electron chi connectivity index (χ2n) is 4.06. The molecule has 19 heavy (non-hydrogen) atoms. The third-order valence-corrected chi connectivity index (χ3v) is 3.34. The number of nitrogens with one attached hydrogen (secondary N) is 2. The molecule has 1 amide bonds. The van der Waals surface area contributed by atoms with Crippen LogP contribution in [0.4, 0.5) is 5.69 Å². The maximum Gasteiger partial charge on any atom is 0.251 e. The van der Waals surface area contributed by atoms with Gasteiger partial charge in [0.05, 0.1) is 21.9 Å². The average molecular weight is 299 g/mol. The summed E-state index contributed by atoms with van der Waals surface area (Å²) in [6.45, 7) is 2.26. The van der Waals surface area contributed by atoms with Crippen molar-refractivity contribution in [3.8, 4) is 0 Å². The van der Waals surface area contributed by atoms with Crippen LogP contribution in [0.25, 0.3) is 0 Å². The zero-order valence-electron chi connectivity index (χ0n) is 10.1. The number of carbonyl (C=O) groups is 1. The summed E-state index contributed by atoms with van der Waals surface area (Å²) in [6, 6.07) is 2.97. The molecule has 1 heterocycles. The van der Waals surface area contributed by atoms with Crippen molar-refractivity contribution in [3.63, 3.8) is 0 Å². The molecule has 0 spiro atoms. The molecule has 0 radical (unpaired) electrons. The van der Waals surface area contributed by atoms with Gasteiger partial charge in [-0.25, -0.2) is 0 Å². The Labute approximate surface area is 120 Å². The zero-order chi connectivity index (χ0) is 14.0. The van der Waals surface area contributed by atoms with Gasteiger partial charge in [0.25, 0.3) is 5.91 Å². The van der Waals surface area contributed by atoms with Gasteiger partial charge in [-0.05, 0) is 19.1 Å². The minimum absolute atomic E-state index is 0.261. The predicted octanol–water partition coefficient (Wildman–Crippen LogP) is 2.54. The van der Waals surface area contributed by atoms with Crippen molar-refractivity contribution < 1.29 is 4.79 Å². The number of aromatic nitrogens is 2. The van der Waals surface area contributed by atoms with Crippen LogP contribution in [-0.4, -0.2) is 16.1 Å². The van der Waals surface area contributed by atoms with Gasteiger partial charge in [-0.3, -0.25) is 9.89 Å². The first-order valence-corrected chi connectivity index (χ1v) is 6.26. The summed E-state index contributed by atoms with van der Waals surface area (Å²) in [5.74, 6) is -0.274. The highest BCUT2D eigenvalue weighted by Crippen LogP contribution is 2.28. The summed E-state index contributed by atoms with van der Waals surface area (Å²) in [7, 11) is 0. The van der Waals surface area contributed by atoms with E-state index in [4.69, 9.17) is 28.9 Å². The van der Waals surface area contributed by atoms with Crippen LogP contribution in [0.15, 0.2) is 18.3 Å². The first kappa shape index (κ1) is 13.7. The molecule has 4 N–H and O–H groups in total. The number of aryl methyl sites for hydroxylation is 1. The van der Waals surface area contributed by atoms with Crippen LogP contribution in [0.5, 0.6) is 0 Å². The number of nitrogens with zero attached hydrogens (tertiary/aromatic N) is 1. The number of aromatic amines is 1. The number of halogens is 2. The van der Waals surface area contributed by atoms with Crippen LogP contribution in [0.1, 0.15) is 21.6 Å². The Morgan fingerprint density at radius 3 is 2.58 bits per heavy atom. The maximum absolute atomic E-state index is 12.0. The lowest BCUT2D eigenvalue weighted by molar-refractivity contribution is 0.0951. The lowest BCUT2D eigenvalue weighted by atomic mass is 10.2. The van der Waals surface area contributed by atoms with Crippen molar-refractivity contribution >= 4 is 34.8 Å². The van der Waals surface area contributed by atoms with E-state index in [2.05, 4.69) is 15.5 Å². The summed E-state index contributed by atoms with van der Waals surface area (Å²) in [4.78, 5) is 12.0. The van der Waals surface area contributed by atoms with Gasteiger partial charge in [-0.15, -0.1) is 0 Å². The molecule has 0 unspecified atom stereocenters. The van der Waals surface area contributed by atoms with Gasteiger partial charge < -0.3 is 11.1 Å². The fraction of sp³-hybridized carbons (Fsp3) is 0.167. The Morgan fingerprint density at radius 1 is 1.42 bits per heavy atom. The molecule has 1 aromatic carbocycles. The van der Waals surface area contributed by atoms with Gasteiger partial charge in [-0.2, -0.15) is 5.10 Å². The van der Waals surface area contributed by atoms with Crippen LogP contribution in [0, 0.1) is 6.92 Å². The van der Waals surface area contributed by atoms with Crippen LogP contribution >= 0.6 is 23.2 Å². The molecule has 0 saturated carbocycles. The molecular formula is C12H12Cl2N4O. The standard InChI is InChI=1S/C12H12Cl2N4O/c1-6-8(5-17-18-6)4-16-12(19)7-2-9(13)11(15)10(14)3-7/h2-3,5H,4,15H2,1H3,(H,16,19)(H,17,18). The number of benzene rings is 1. The van der Waals surface area contributed by atoms with E-state index in [0.717, 1.165) is 11.3 Å². The molecule has 0 bridgehead atoms. The molecule has 0 fully saturated rings. The van der Waals surface area contributed by atoms with Crippen molar-refractivity contribution in [1.29, 1.82) is 0 Å². The number of amides is 1. The topological polar surface area (TPSA) is 83.8 Å². The van der Waals surface area contributed by atoms with E-state index < -0.39 is 0 Å². The fourth-order valence-corrected chi connectivity index (χ4v) is 2.03. The second kappa shape index (κ2) is 5.50. The average Bonchev–Trinajstić information content (AvgIpc) is 2.78. The normalized spacial score (nSPS) is 10.5. The summed E-state index contributed by atoms with van der Waals surface area (Å²) in [6.07, 6.45) is 1.67. The Hall–Kier alpha value is -1.72. The van der Waals surface area contributed by atoms with Crippen LogP contribution < -0.4 is 11.1 Å². The third-order valence-electron chi connectivity index (χ3n) is 2.71. The SMILES string of the molecule is Cc1[nH]ncc1CNC(=O)c1cc(Cl)c(N)c(Cl)c1. The van der Waals surface area contributed by atoms with Crippen molar-refractivity contribution in [3.05, 3.63) is 45.2 Å². The number of H-pyrrole nitrogens is 1. The summed E-state index contributed by atoms with van der Waals surface area (Å²) < 4.78 is 0. The van der Waals surface area contributed by atoms with E-state index in [-0.39, 0.29) is 21.6 Å². The van der Waals surface area contributed by atoms with Crippen molar-refractivity contribution in [1.82, 2.24) is 15.5 Å². The second-order valence-corrected chi connectivity index (χ2v) is 4.87. The van der Waals surface area contributed by atoms with Crippen molar-refractivity contribution in [2.45, 2.75) is 13.5 Å². The van der Waals surface area contributed by atoms with Gasteiger partial charge in [0.15, 0.2) is 0 Å². The lowest BCUT2D eigenvalue weighted by Gasteiger charge is -2.07.